The van der Waals surface area contributed by atoms with Gasteiger partial charge in [0, 0.05) is 29.7 Å². The first-order chi connectivity index (χ1) is 21.0. The van der Waals surface area contributed by atoms with E-state index in [1.54, 1.807) is 25.3 Å². The molecule has 1 aromatic carbocycles. The van der Waals surface area contributed by atoms with E-state index in [2.05, 4.69) is 31.2 Å². The Labute approximate surface area is 260 Å². The third-order valence-electron chi connectivity index (χ3n) is 7.41. The highest BCUT2D eigenvalue weighted by Crippen LogP contribution is 2.26. The summed E-state index contributed by atoms with van der Waals surface area (Å²) in [5.74, 6) is -1.77. The Morgan fingerprint density at radius 1 is 1.05 bits per heavy atom. The topological polar surface area (TPSA) is 164 Å². The molecule has 0 saturated heterocycles. The molecule has 0 spiro atoms. The maximum Gasteiger partial charge on any atom is 0.348 e. The number of hydrogen-bond acceptors (Lipinski definition) is 8. The van der Waals surface area contributed by atoms with Gasteiger partial charge in [0.05, 0.1) is 6.04 Å². The summed E-state index contributed by atoms with van der Waals surface area (Å²) in [7, 11) is 0. The second kappa shape index (κ2) is 14.9. The molecule has 3 heterocycles. The number of carbonyl (C=O) groups excluding carboxylic acids is 4. The van der Waals surface area contributed by atoms with Crippen molar-refractivity contribution < 1.29 is 19.2 Å². The number of thiazole rings is 1. The van der Waals surface area contributed by atoms with Gasteiger partial charge in [-0.15, -0.1) is 11.3 Å². The molecule has 2 bridgehead atoms. The largest absolute Gasteiger partial charge is 0.354 e. The van der Waals surface area contributed by atoms with Crippen LogP contribution in [0.5, 0.6) is 0 Å². The van der Waals surface area contributed by atoms with Crippen LogP contribution in [0.1, 0.15) is 71.6 Å². The number of rotatable bonds is 6. The molecule has 0 aliphatic carbocycles. The monoisotopic (exact) mass is 621 g/mol. The van der Waals surface area contributed by atoms with Gasteiger partial charge in [-0.2, -0.15) is 4.98 Å². The minimum absolute atomic E-state index is 0.0762. The summed E-state index contributed by atoms with van der Waals surface area (Å²) in [5, 5.41) is 13.7. The highest BCUT2D eigenvalue weighted by molar-refractivity contribution is 7.09. The Bertz CT molecular complexity index is 1550. The standard InChI is InChI=1S/C31H39N7O5S/c1-18(2)26-30-36-24(17-44-30)29(42)35-23(15-21-10-6-5-7-11-21)27(40)32-13-9-8-12-22(28(41)37-26)34-25(39)16-38-20(4)14-19(3)33-31(38)43/h5-7,10-11,14,17-18,22-23,26H,8-9,12-13,15-16H2,1-4H3,(H,32,40)(H,34,39)(H,35,42)(H,37,41)/t22-,23+,26+/m0/s1. The van der Waals surface area contributed by atoms with E-state index in [0.717, 1.165) is 5.56 Å². The lowest BCUT2D eigenvalue weighted by atomic mass is 10.0. The Morgan fingerprint density at radius 3 is 2.50 bits per heavy atom. The van der Waals surface area contributed by atoms with Gasteiger partial charge in [0.15, 0.2) is 0 Å². The first-order valence-corrected chi connectivity index (χ1v) is 15.6. The van der Waals surface area contributed by atoms with E-state index >= 15 is 0 Å². The lowest BCUT2D eigenvalue weighted by Crippen LogP contribution is -2.50. The van der Waals surface area contributed by atoms with Gasteiger partial charge in [-0.25, -0.2) is 9.78 Å². The average molecular weight is 622 g/mol. The van der Waals surface area contributed by atoms with Crippen molar-refractivity contribution in [2.45, 2.75) is 78.0 Å². The number of aryl methyl sites for hydroxylation is 2. The van der Waals surface area contributed by atoms with Gasteiger partial charge in [-0.05, 0) is 50.7 Å². The number of nitrogens with zero attached hydrogens (tertiary/aromatic N) is 3. The van der Waals surface area contributed by atoms with Crippen molar-refractivity contribution in [3.05, 3.63) is 79.9 Å². The van der Waals surface area contributed by atoms with Crippen LogP contribution in [0, 0.1) is 19.8 Å². The maximum atomic E-state index is 13.6. The molecule has 4 N–H and O–H groups in total. The number of fused-ring (bicyclic) bond motifs is 2. The maximum absolute atomic E-state index is 13.6. The van der Waals surface area contributed by atoms with Gasteiger partial charge in [0.2, 0.25) is 17.7 Å². The molecule has 0 fully saturated rings. The van der Waals surface area contributed by atoms with Crippen molar-refractivity contribution in [3.63, 3.8) is 0 Å². The Balaban J connectivity index is 1.56. The van der Waals surface area contributed by atoms with Crippen molar-refractivity contribution in [1.29, 1.82) is 0 Å². The Hall–Kier alpha value is -4.39. The molecule has 1 aliphatic heterocycles. The molecule has 0 saturated carbocycles. The summed E-state index contributed by atoms with van der Waals surface area (Å²) < 4.78 is 1.26. The first-order valence-electron chi connectivity index (χ1n) is 14.7. The highest BCUT2D eigenvalue weighted by atomic mass is 32.1. The Kier molecular flexibility index (Phi) is 11.0. The number of aromatic nitrogens is 3. The molecule has 1 aliphatic rings. The van der Waals surface area contributed by atoms with Crippen molar-refractivity contribution in [1.82, 2.24) is 35.8 Å². The van der Waals surface area contributed by atoms with Gasteiger partial charge in [0.1, 0.15) is 29.3 Å². The van der Waals surface area contributed by atoms with Crippen LogP contribution in [-0.2, 0) is 27.3 Å². The van der Waals surface area contributed by atoms with E-state index in [0.29, 0.717) is 48.6 Å². The molecule has 234 valence electrons. The molecule has 0 unspecified atom stereocenters. The number of carbonyl (C=O) groups is 4. The molecule has 2 aromatic heterocycles. The van der Waals surface area contributed by atoms with Crippen LogP contribution < -0.4 is 27.0 Å². The van der Waals surface area contributed by atoms with Crippen LogP contribution in [0.2, 0.25) is 0 Å². The second-order valence-corrected chi connectivity index (χ2v) is 12.2. The number of amides is 4. The quantitative estimate of drug-likeness (QED) is 0.327. The molecule has 3 aromatic rings. The fourth-order valence-corrected chi connectivity index (χ4v) is 6.04. The molecule has 4 amide bonds. The van der Waals surface area contributed by atoms with E-state index in [9.17, 15) is 24.0 Å². The molecule has 4 rings (SSSR count). The van der Waals surface area contributed by atoms with Gasteiger partial charge in [-0.3, -0.25) is 23.7 Å². The van der Waals surface area contributed by atoms with Crippen LogP contribution in [0.4, 0.5) is 0 Å². The highest BCUT2D eigenvalue weighted by Gasteiger charge is 2.29. The molecule has 44 heavy (non-hydrogen) atoms. The zero-order valence-electron chi connectivity index (χ0n) is 25.4. The molecule has 0 radical (unpaired) electrons. The van der Waals surface area contributed by atoms with Gasteiger partial charge < -0.3 is 21.3 Å². The predicted octanol–water partition coefficient (Wildman–Crippen LogP) is 1.96. The van der Waals surface area contributed by atoms with E-state index < -0.39 is 41.5 Å². The second-order valence-electron chi connectivity index (χ2n) is 11.3. The minimum atomic E-state index is -0.893. The Morgan fingerprint density at radius 2 is 1.80 bits per heavy atom. The minimum Gasteiger partial charge on any atom is -0.354 e. The predicted molar refractivity (Wildman–Crippen MR) is 166 cm³/mol. The molecular formula is C31H39N7O5S. The van der Waals surface area contributed by atoms with E-state index in [1.165, 1.54) is 15.9 Å². The van der Waals surface area contributed by atoms with Crippen molar-refractivity contribution in [2.24, 2.45) is 5.92 Å². The summed E-state index contributed by atoms with van der Waals surface area (Å²) in [6.07, 6.45) is 1.69. The van der Waals surface area contributed by atoms with E-state index in [4.69, 9.17) is 0 Å². The number of nitrogens with one attached hydrogen (secondary N) is 4. The number of hydrogen-bond donors (Lipinski definition) is 4. The molecule has 12 nitrogen and oxygen atoms in total. The van der Waals surface area contributed by atoms with Crippen LogP contribution >= 0.6 is 11.3 Å². The SMILES string of the molecule is Cc1cc(C)n(CC(=O)N[C@H]2CCCCNC(=O)[C@@H](Cc3ccccc3)NC(=O)c3csc(n3)[C@@H](C(C)C)NC2=O)c(=O)n1. The molecule has 13 heteroatoms. The van der Waals surface area contributed by atoms with Crippen molar-refractivity contribution in [2.75, 3.05) is 6.54 Å². The normalized spacial score (nSPS) is 20.0. The fourth-order valence-electron chi connectivity index (χ4n) is 5.02. The lowest BCUT2D eigenvalue weighted by molar-refractivity contribution is -0.130. The summed E-state index contributed by atoms with van der Waals surface area (Å²) in [4.78, 5) is 73.8. The van der Waals surface area contributed by atoms with E-state index in [-0.39, 0.29) is 24.1 Å². The van der Waals surface area contributed by atoms with E-state index in [1.807, 2.05) is 44.2 Å². The van der Waals surface area contributed by atoms with Crippen LogP contribution in [-0.4, -0.2) is 56.8 Å². The van der Waals surface area contributed by atoms with Crippen molar-refractivity contribution >= 4 is 35.0 Å². The zero-order valence-corrected chi connectivity index (χ0v) is 26.2. The first kappa shape index (κ1) is 32.5. The smallest absolute Gasteiger partial charge is 0.348 e. The van der Waals surface area contributed by atoms with Crippen LogP contribution in [0.3, 0.4) is 0 Å². The zero-order chi connectivity index (χ0) is 31.8. The van der Waals surface area contributed by atoms with Gasteiger partial charge in [-0.1, -0.05) is 44.2 Å². The average Bonchev–Trinajstić information content (AvgIpc) is 3.46. The number of benzene rings is 1. The molecule has 3 atom stereocenters. The summed E-state index contributed by atoms with van der Waals surface area (Å²) in [6.45, 7) is 7.32. The third-order valence-corrected chi connectivity index (χ3v) is 8.34. The van der Waals surface area contributed by atoms with Crippen LogP contribution in [0.25, 0.3) is 0 Å². The summed E-state index contributed by atoms with van der Waals surface area (Å²) >= 11 is 1.24. The third kappa shape index (κ3) is 8.59. The van der Waals surface area contributed by atoms with Crippen molar-refractivity contribution in [3.8, 4) is 0 Å². The lowest BCUT2D eigenvalue weighted by Gasteiger charge is -2.25. The fraction of sp³-hybridized carbons (Fsp3) is 0.452. The summed E-state index contributed by atoms with van der Waals surface area (Å²) in [5.41, 5.74) is 1.67. The molecular weight excluding hydrogens is 582 g/mol. The summed E-state index contributed by atoms with van der Waals surface area (Å²) in [6, 6.07) is 8.94. The van der Waals surface area contributed by atoms with Crippen LogP contribution in [0.15, 0.2) is 46.6 Å². The van der Waals surface area contributed by atoms with Gasteiger partial charge in [0.25, 0.3) is 5.91 Å². The van der Waals surface area contributed by atoms with Gasteiger partial charge >= 0.3 is 5.69 Å².